The molecule has 240 valence electrons. The van der Waals surface area contributed by atoms with Gasteiger partial charge in [-0.15, -0.1) is 11.3 Å². The molecule has 2 aliphatic rings. The fraction of sp³-hybridized carbons (Fsp3) is 0.588. The molecule has 2 unspecified atom stereocenters. The third-order valence-corrected chi connectivity index (χ3v) is 10.0. The first-order valence-electron chi connectivity index (χ1n) is 15.5. The van der Waals surface area contributed by atoms with Crippen LogP contribution in [0.2, 0.25) is 0 Å². The number of ketones is 1. The Labute approximate surface area is 264 Å². The van der Waals surface area contributed by atoms with Crippen LogP contribution in [-0.2, 0) is 25.7 Å². The van der Waals surface area contributed by atoms with Gasteiger partial charge >= 0.3 is 12.1 Å². The van der Waals surface area contributed by atoms with Crippen LogP contribution in [0.5, 0.6) is 0 Å². The number of fused-ring (bicyclic) bond motifs is 1. The predicted octanol–water partition coefficient (Wildman–Crippen LogP) is 5.71. The molecule has 3 heterocycles. The average Bonchev–Trinajstić information content (AvgIpc) is 3.51. The van der Waals surface area contributed by atoms with Crippen molar-refractivity contribution < 1.29 is 34.1 Å². The van der Waals surface area contributed by atoms with E-state index in [-0.39, 0.29) is 36.8 Å². The molecule has 1 aromatic heterocycles. The van der Waals surface area contributed by atoms with E-state index in [9.17, 15) is 24.6 Å². The van der Waals surface area contributed by atoms with Crippen molar-refractivity contribution in [3.05, 3.63) is 57.6 Å². The molecule has 0 bridgehead atoms. The lowest BCUT2D eigenvalue weighted by atomic mass is 9.73. The van der Waals surface area contributed by atoms with Gasteiger partial charge in [0, 0.05) is 17.7 Å². The maximum absolute atomic E-state index is 13.4. The average molecular weight is 627 g/mol. The zero-order valence-electron chi connectivity index (χ0n) is 26.6. The maximum atomic E-state index is 13.4. The SMILES string of the molecule is CC(=Cc1csc(C)n1)C1CC2[C@@H](CCC[C@H](C)[C@H](O)[C@@H](C)C(=O)C(C)(C)[C@@H](O)CC(=O)O1)N2C(=O)OCc1ccccc1. The van der Waals surface area contributed by atoms with E-state index in [0.29, 0.717) is 19.3 Å². The monoisotopic (exact) mass is 626 g/mol. The standard InChI is InChI=1S/C34H46N2O7S/c1-20-11-10-14-26-27(36(26)33(41)42-18-24-12-8-7-9-13-24)16-28(21(2)15-25-19-44-23(4)35-25)43-30(38)17-29(37)34(5,6)32(40)22(3)31(20)39/h7-9,12-13,15,19-20,22,26-29,31,37,39H,10-11,14,16-18H2,1-6H3/t20-,22+,26+,27?,28?,29-,31-,36?/m0/s1. The van der Waals surface area contributed by atoms with Crippen LogP contribution in [0.3, 0.4) is 0 Å². The number of cyclic esters (lactones) is 1. The minimum absolute atomic E-state index is 0.116. The predicted molar refractivity (Wildman–Crippen MR) is 169 cm³/mol. The molecule has 0 saturated carbocycles. The van der Waals surface area contributed by atoms with Crippen molar-refractivity contribution in [1.29, 1.82) is 0 Å². The number of rotatable bonds is 4. The Hall–Kier alpha value is -3.08. The first-order valence-corrected chi connectivity index (χ1v) is 16.4. The molecule has 2 saturated heterocycles. The number of ether oxygens (including phenoxy) is 2. The van der Waals surface area contributed by atoms with Gasteiger partial charge in [-0.2, -0.15) is 0 Å². The Morgan fingerprint density at radius 3 is 2.52 bits per heavy atom. The summed E-state index contributed by atoms with van der Waals surface area (Å²) in [4.78, 5) is 46.2. The number of carbonyl (C=O) groups is 3. The molecule has 9 nitrogen and oxygen atoms in total. The van der Waals surface area contributed by atoms with E-state index in [1.54, 1.807) is 25.7 Å². The van der Waals surface area contributed by atoms with E-state index in [1.807, 2.05) is 62.6 Å². The van der Waals surface area contributed by atoms with Crippen LogP contribution >= 0.6 is 11.3 Å². The molecule has 2 N–H and O–H groups in total. The Balaban J connectivity index is 1.60. The fourth-order valence-electron chi connectivity index (χ4n) is 6.16. The lowest BCUT2D eigenvalue weighted by Gasteiger charge is -2.34. The lowest BCUT2D eigenvalue weighted by molar-refractivity contribution is -0.154. The second kappa shape index (κ2) is 14.3. The molecule has 4 rings (SSSR count). The first-order chi connectivity index (χ1) is 20.8. The van der Waals surface area contributed by atoms with Crippen molar-refractivity contribution >= 4 is 35.3 Å². The summed E-state index contributed by atoms with van der Waals surface area (Å²) in [6.45, 7) is 10.7. The summed E-state index contributed by atoms with van der Waals surface area (Å²) in [5, 5.41) is 24.9. The van der Waals surface area contributed by atoms with Crippen molar-refractivity contribution in [2.45, 2.75) is 111 Å². The van der Waals surface area contributed by atoms with Gasteiger partial charge in [-0.25, -0.2) is 9.78 Å². The van der Waals surface area contributed by atoms with Crippen molar-refractivity contribution in [2.75, 3.05) is 0 Å². The molecule has 2 aliphatic heterocycles. The van der Waals surface area contributed by atoms with Crippen LogP contribution in [0.1, 0.15) is 83.0 Å². The summed E-state index contributed by atoms with van der Waals surface area (Å²) < 4.78 is 11.7. The highest BCUT2D eigenvalue weighted by molar-refractivity contribution is 7.09. The highest BCUT2D eigenvalue weighted by Gasteiger charge is 2.53. The fourth-order valence-corrected chi connectivity index (χ4v) is 6.73. The second-order valence-electron chi connectivity index (χ2n) is 13.0. The number of aryl methyl sites for hydroxylation is 1. The zero-order valence-corrected chi connectivity index (χ0v) is 27.4. The van der Waals surface area contributed by atoms with E-state index < -0.39 is 41.7 Å². The van der Waals surface area contributed by atoms with Gasteiger partial charge in [0.15, 0.2) is 0 Å². The summed E-state index contributed by atoms with van der Waals surface area (Å²) in [5.41, 5.74) is 1.14. The first kappa shape index (κ1) is 33.8. The van der Waals surface area contributed by atoms with Crippen molar-refractivity contribution in [2.24, 2.45) is 17.3 Å². The molecule has 44 heavy (non-hydrogen) atoms. The molecule has 1 amide bonds. The van der Waals surface area contributed by atoms with Crippen LogP contribution in [0.25, 0.3) is 6.08 Å². The van der Waals surface area contributed by atoms with Crippen molar-refractivity contribution in [3.63, 3.8) is 0 Å². The number of benzene rings is 1. The number of thiazole rings is 1. The van der Waals surface area contributed by atoms with Gasteiger partial charge in [0.25, 0.3) is 0 Å². The summed E-state index contributed by atoms with van der Waals surface area (Å²) in [7, 11) is 0. The third-order valence-electron chi connectivity index (χ3n) is 9.23. The number of aliphatic hydroxyl groups excluding tert-OH is 2. The smallest absolute Gasteiger partial charge is 0.410 e. The molecule has 2 fully saturated rings. The van der Waals surface area contributed by atoms with Gasteiger partial charge in [0.05, 0.1) is 46.8 Å². The molecular formula is C34H46N2O7S. The number of nitrogens with zero attached hydrogens (tertiary/aromatic N) is 2. The van der Waals surface area contributed by atoms with Gasteiger partial charge in [0.1, 0.15) is 18.5 Å². The van der Waals surface area contributed by atoms with Crippen LogP contribution in [0.4, 0.5) is 4.79 Å². The van der Waals surface area contributed by atoms with Crippen LogP contribution in [-0.4, -0.2) is 68.3 Å². The Kier molecular flexibility index (Phi) is 11.0. The number of esters is 1. The largest absolute Gasteiger partial charge is 0.458 e. The third kappa shape index (κ3) is 8.14. The van der Waals surface area contributed by atoms with Crippen LogP contribution in [0, 0.1) is 24.2 Å². The lowest BCUT2D eigenvalue weighted by Crippen LogP contribution is -2.45. The summed E-state index contributed by atoms with van der Waals surface area (Å²) >= 11 is 1.52. The molecule has 0 aliphatic carbocycles. The topological polar surface area (TPSA) is 126 Å². The number of Topliss-reactive ketones (excluding diaryl/α,β-unsaturated/α-hetero) is 1. The molecule has 1 aromatic carbocycles. The number of aromatic nitrogens is 1. The maximum Gasteiger partial charge on any atom is 0.410 e. The van der Waals surface area contributed by atoms with Gasteiger partial charge in [-0.3, -0.25) is 14.5 Å². The van der Waals surface area contributed by atoms with E-state index >= 15 is 0 Å². The molecule has 10 heteroatoms. The second-order valence-corrected chi connectivity index (χ2v) is 14.0. The van der Waals surface area contributed by atoms with Gasteiger partial charge in [-0.1, -0.05) is 64.4 Å². The van der Waals surface area contributed by atoms with Gasteiger partial charge in [-0.05, 0) is 49.8 Å². The van der Waals surface area contributed by atoms with E-state index in [2.05, 4.69) is 4.98 Å². The number of hydrogen-bond acceptors (Lipinski definition) is 9. The Morgan fingerprint density at radius 1 is 1.16 bits per heavy atom. The van der Waals surface area contributed by atoms with Crippen LogP contribution < -0.4 is 0 Å². The van der Waals surface area contributed by atoms with Crippen molar-refractivity contribution in [3.8, 4) is 0 Å². The Morgan fingerprint density at radius 2 is 1.86 bits per heavy atom. The summed E-state index contributed by atoms with van der Waals surface area (Å²) in [6, 6.07) is 9.15. The van der Waals surface area contributed by atoms with Crippen molar-refractivity contribution in [1.82, 2.24) is 9.88 Å². The van der Waals surface area contributed by atoms with Gasteiger partial charge in [0.2, 0.25) is 0 Å². The van der Waals surface area contributed by atoms with E-state index in [0.717, 1.165) is 28.3 Å². The molecular weight excluding hydrogens is 580 g/mol. The molecule has 7 atom stereocenters. The van der Waals surface area contributed by atoms with Gasteiger partial charge < -0.3 is 19.7 Å². The normalized spacial score (nSPS) is 30.3. The van der Waals surface area contributed by atoms with E-state index in [4.69, 9.17) is 9.47 Å². The van der Waals surface area contributed by atoms with E-state index in [1.165, 1.54) is 11.3 Å². The number of aliphatic hydroxyl groups is 2. The summed E-state index contributed by atoms with van der Waals surface area (Å²) in [5.74, 6) is -1.84. The minimum atomic E-state index is -1.30. The minimum Gasteiger partial charge on any atom is -0.458 e. The number of carbonyl (C=O) groups excluding carboxylic acids is 3. The number of amides is 1. The highest BCUT2D eigenvalue weighted by Crippen LogP contribution is 2.40. The quantitative estimate of drug-likeness (QED) is 0.327. The zero-order chi connectivity index (χ0) is 32.2. The molecule has 0 radical (unpaired) electrons. The summed E-state index contributed by atoms with van der Waals surface area (Å²) in [6.07, 6.45) is 0.629. The highest BCUT2D eigenvalue weighted by atomic mass is 32.1. The molecule has 2 aromatic rings. The molecule has 0 spiro atoms. The van der Waals surface area contributed by atoms with Crippen LogP contribution in [0.15, 0.2) is 41.3 Å². The Bertz CT molecular complexity index is 1340. The number of hydrogen-bond donors (Lipinski definition) is 2.